The molecule has 0 fully saturated rings. The van der Waals surface area contributed by atoms with Crippen LogP contribution in [0.3, 0.4) is 0 Å². The number of anilines is 3. The summed E-state index contributed by atoms with van der Waals surface area (Å²) < 4.78 is 9.05. The summed E-state index contributed by atoms with van der Waals surface area (Å²) in [6, 6.07) is 78.7. The van der Waals surface area contributed by atoms with E-state index in [0.717, 1.165) is 66.6 Å². The summed E-state index contributed by atoms with van der Waals surface area (Å²) in [5.74, 6) is 0. The average molecular weight is 753 g/mol. The number of benzene rings is 10. The van der Waals surface area contributed by atoms with Gasteiger partial charge in [0.15, 0.2) is 0 Å². The minimum atomic E-state index is 0.888. The van der Waals surface area contributed by atoms with Crippen molar-refractivity contribution in [1.29, 1.82) is 0 Å². The van der Waals surface area contributed by atoms with E-state index >= 15 is 0 Å². The van der Waals surface area contributed by atoms with Crippen LogP contribution in [-0.2, 0) is 0 Å². The Bertz CT molecular complexity index is 3500. The van der Waals surface area contributed by atoms with Crippen molar-refractivity contribution in [3.05, 3.63) is 218 Å². The molecule has 0 aliphatic carbocycles. The second kappa shape index (κ2) is 13.4. The first-order chi connectivity index (χ1) is 29.3. The van der Waals surface area contributed by atoms with Crippen LogP contribution in [0.1, 0.15) is 0 Å². The van der Waals surface area contributed by atoms with Crippen LogP contribution in [0, 0.1) is 0 Å². The van der Waals surface area contributed by atoms with E-state index < -0.39 is 0 Å². The van der Waals surface area contributed by atoms with E-state index in [4.69, 9.17) is 4.42 Å². The highest BCUT2D eigenvalue weighted by Gasteiger charge is 2.22. The van der Waals surface area contributed by atoms with Crippen LogP contribution < -0.4 is 4.90 Å². The fraction of sp³-hybridized carbons (Fsp3) is 0. The Kier molecular flexibility index (Phi) is 7.54. The molecular weight excluding hydrogens is 717 g/mol. The Hall–Kier alpha value is -7.88. The van der Waals surface area contributed by atoms with Crippen LogP contribution in [0.25, 0.3) is 93.2 Å². The molecule has 10 aromatic carbocycles. The summed E-state index contributed by atoms with van der Waals surface area (Å²) in [4.78, 5) is 2.40. The van der Waals surface area contributed by atoms with Crippen LogP contribution in [0.4, 0.5) is 17.1 Å². The number of hydrogen-bond acceptors (Lipinski definition) is 2. The normalized spacial score (nSPS) is 11.7. The number of furan rings is 1. The molecule has 0 bridgehead atoms. The molecule has 0 saturated carbocycles. The molecule has 59 heavy (non-hydrogen) atoms. The lowest BCUT2D eigenvalue weighted by atomic mass is 9.93. The fourth-order valence-corrected chi connectivity index (χ4v) is 9.22. The summed E-state index contributed by atoms with van der Waals surface area (Å²) in [6.45, 7) is 0. The van der Waals surface area contributed by atoms with Crippen molar-refractivity contribution >= 4 is 82.4 Å². The number of para-hydroxylation sites is 4. The standard InChI is InChI=1S/C56H36N2O/c1-2-14-39-35-40(26-25-37(39)13-1)38-27-29-42(30-28-38)57(43-31-33-44(34-32-43)58-52-22-10-5-17-46(52)47-18-6-11-23-53(47)58)51-21-9-7-19-48(51)50-36-41-15-3-4-16-45(41)56-55(50)49-20-8-12-24-54(49)59-56/h1-36H. The molecule has 0 N–H and O–H groups in total. The van der Waals surface area contributed by atoms with Crippen molar-refractivity contribution in [3.8, 4) is 27.9 Å². The van der Waals surface area contributed by atoms with Crippen LogP contribution in [-0.4, -0.2) is 4.57 Å². The molecule has 2 aromatic heterocycles. The van der Waals surface area contributed by atoms with E-state index in [1.54, 1.807) is 0 Å². The van der Waals surface area contributed by atoms with Crippen LogP contribution in [0.5, 0.6) is 0 Å². The molecule has 276 valence electrons. The highest BCUT2D eigenvalue weighted by atomic mass is 16.3. The zero-order valence-corrected chi connectivity index (χ0v) is 32.1. The van der Waals surface area contributed by atoms with Gasteiger partial charge in [0.2, 0.25) is 0 Å². The molecule has 0 saturated heterocycles. The van der Waals surface area contributed by atoms with E-state index in [-0.39, 0.29) is 0 Å². The highest BCUT2D eigenvalue weighted by molar-refractivity contribution is 6.22. The third-order valence-corrected chi connectivity index (χ3v) is 12.0. The lowest BCUT2D eigenvalue weighted by Gasteiger charge is -2.28. The minimum Gasteiger partial charge on any atom is -0.455 e. The van der Waals surface area contributed by atoms with Crippen LogP contribution in [0.2, 0.25) is 0 Å². The van der Waals surface area contributed by atoms with Crippen LogP contribution in [0.15, 0.2) is 223 Å². The van der Waals surface area contributed by atoms with Crippen molar-refractivity contribution < 1.29 is 4.42 Å². The minimum absolute atomic E-state index is 0.888. The topological polar surface area (TPSA) is 21.3 Å². The number of aromatic nitrogens is 1. The molecule has 0 radical (unpaired) electrons. The lowest BCUT2D eigenvalue weighted by Crippen LogP contribution is -2.11. The third-order valence-electron chi connectivity index (χ3n) is 12.0. The largest absolute Gasteiger partial charge is 0.455 e. The van der Waals surface area contributed by atoms with Gasteiger partial charge in [0.1, 0.15) is 11.2 Å². The molecule has 12 rings (SSSR count). The van der Waals surface area contributed by atoms with Gasteiger partial charge in [-0.3, -0.25) is 0 Å². The number of nitrogens with zero attached hydrogens (tertiary/aromatic N) is 2. The zero-order chi connectivity index (χ0) is 38.9. The number of rotatable bonds is 6. The maximum Gasteiger partial charge on any atom is 0.143 e. The first-order valence-electron chi connectivity index (χ1n) is 20.2. The average Bonchev–Trinajstić information content (AvgIpc) is 3.86. The predicted molar refractivity (Wildman–Crippen MR) is 249 cm³/mol. The molecule has 3 nitrogen and oxygen atoms in total. The molecule has 3 heteroatoms. The van der Waals surface area contributed by atoms with Gasteiger partial charge in [-0.15, -0.1) is 0 Å². The maximum atomic E-state index is 6.67. The van der Waals surface area contributed by atoms with Gasteiger partial charge in [0.05, 0.1) is 16.7 Å². The second-order valence-corrected chi connectivity index (χ2v) is 15.3. The van der Waals surface area contributed by atoms with Crippen molar-refractivity contribution in [3.63, 3.8) is 0 Å². The number of fused-ring (bicyclic) bond motifs is 9. The summed E-state index contributed by atoms with van der Waals surface area (Å²) in [6.07, 6.45) is 0. The van der Waals surface area contributed by atoms with Crippen molar-refractivity contribution in [2.24, 2.45) is 0 Å². The van der Waals surface area contributed by atoms with Crippen molar-refractivity contribution in [2.45, 2.75) is 0 Å². The van der Waals surface area contributed by atoms with Gasteiger partial charge in [0, 0.05) is 49.6 Å². The smallest absolute Gasteiger partial charge is 0.143 e. The molecule has 0 aliphatic rings. The Morgan fingerprint density at radius 2 is 0.932 bits per heavy atom. The lowest BCUT2D eigenvalue weighted by molar-refractivity contribution is 0.673. The Morgan fingerprint density at radius 1 is 0.373 bits per heavy atom. The molecular formula is C56H36N2O. The summed E-state index contributed by atoms with van der Waals surface area (Å²) in [5, 5.41) is 9.48. The van der Waals surface area contributed by atoms with Crippen LogP contribution >= 0.6 is 0 Å². The molecule has 0 atom stereocenters. The van der Waals surface area contributed by atoms with Gasteiger partial charge in [-0.25, -0.2) is 0 Å². The van der Waals surface area contributed by atoms with Gasteiger partial charge in [-0.2, -0.15) is 0 Å². The van der Waals surface area contributed by atoms with Crippen molar-refractivity contribution in [1.82, 2.24) is 4.57 Å². The summed E-state index contributed by atoms with van der Waals surface area (Å²) in [7, 11) is 0. The van der Waals surface area contributed by atoms with E-state index in [0.29, 0.717) is 0 Å². The Morgan fingerprint density at radius 3 is 1.68 bits per heavy atom. The van der Waals surface area contributed by atoms with E-state index in [1.807, 2.05) is 6.07 Å². The highest BCUT2D eigenvalue weighted by Crippen LogP contribution is 2.47. The first kappa shape index (κ1) is 33.3. The Labute approximate surface area is 341 Å². The molecule has 0 amide bonds. The van der Waals surface area contributed by atoms with Gasteiger partial charge in [-0.05, 0) is 106 Å². The third kappa shape index (κ3) is 5.36. The van der Waals surface area contributed by atoms with E-state index in [1.165, 1.54) is 43.7 Å². The fourth-order valence-electron chi connectivity index (χ4n) is 9.22. The second-order valence-electron chi connectivity index (χ2n) is 15.3. The van der Waals surface area contributed by atoms with Gasteiger partial charge >= 0.3 is 0 Å². The van der Waals surface area contributed by atoms with E-state index in [2.05, 4.69) is 222 Å². The molecule has 0 spiro atoms. The SMILES string of the molecule is c1ccc(N(c2ccc(-c3ccc4ccccc4c3)cc2)c2ccc(-n3c4ccccc4c4ccccc43)cc2)c(-c2cc3ccccc3c3oc4ccccc4c23)c1. The number of hydrogen-bond donors (Lipinski definition) is 0. The monoisotopic (exact) mass is 752 g/mol. The van der Waals surface area contributed by atoms with Crippen molar-refractivity contribution in [2.75, 3.05) is 4.90 Å². The quantitative estimate of drug-likeness (QED) is 0.169. The molecule has 2 heterocycles. The first-order valence-corrected chi connectivity index (χ1v) is 20.2. The predicted octanol–water partition coefficient (Wildman–Crippen LogP) is 15.8. The van der Waals surface area contributed by atoms with Gasteiger partial charge < -0.3 is 13.9 Å². The maximum absolute atomic E-state index is 6.67. The zero-order valence-electron chi connectivity index (χ0n) is 32.1. The summed E-state index contributed by atoms with van der Waals surface area (Å²) in [5.41, 5.74) is 13.2. The van der Waals surface area contributed by atoms with Gasteiger partial charge in [0.25, 0.3) is 0 Å². The molecule has 12 aromatic rings. The Balaban J connectivity index is 1.06. The van der Waals surface area contributed by atoms with Gasteiger partial charge in [-0.1, -0.05) is 146 Å². The molecule has 0 aliphatic heterocycles. The summed E-state index contributed by atoms with van der Waals surface area (Å²) >= 11 is 0. The van der Waals surface area contributed by atoms with E-state index in [9.17, 15) is 0 Å². The molecule has 0 unspecified atom stereocenters.